The van der Waals surface area contributed by atoms with Crippen molar-refractivity contribution in [2.24, 2.45) is 0 Å². The van der Waals surface area contributed by atoms with Crippen LogP contribution in [0, 0.1) is 0 Å². The predicted molar refractivity (Wildman–Crippen MR) is 118 cm³/mol. The second kappa shape index (κ2) is 8.38. The first-order chi connectivity index (χ1) is 14.2. The number of fused-ring (bicyclic) bond motifs is 1. The van der Waals surface area contributed by atoms with Gasteiger partial charge in [0, 0.05) is 11.6 Å². The molecule has 3 nitrogen and oxygen atoms in total. The van der Waals surface area contributed by atoms with Crippen molar-refractivity contribution in [1.82, 2.24) is 5.32 Å². The monoisotopic (exact) mass is 383 g/mol. The fourth-order valence-electron chi connectivity index (χ4n) is 3.82. The van der Waals surface area contributed by atoms with E-state index in [0.29, 0.717) is 0 Å². The molecule has 29 heavy (non-hydrogen) atoms. The molecule has 4 rings (SSSR count). The van der Waals surface area contributed by atoms with Crippen LogP contribution in [0.25, 0.3) is 10.8 Å². The van der Waals surface area contributed by atoms with Crippen LogP contribution in [0.2, 0.25) is 0 Å². The Hall–Kier alpha value is -3.30. The van der Waals surface area contributed by atoms with Crippen molar-refractivity contribution in [3.63, 3.8) is 0 Å². The molecule has 0 aliphatic heterocycles. The molecule has 146 valence electrons. The molecule has 4 aromatic rings. The first kappa shape index (κ1) is 19.0. The fourth-order valence-corrected chi connectivity index (χ4v) is 3.82. The normalized spacial score (nSPS) is 13.2. The number of ether oxygens (including phenoxy) is 1. The number of phenolic OH excluding ortho intramolecular Hbond substituents is 1. The number of benzene rings is 4. The first-order valence-corrected chi connectivity index (χ1v) is 9.83. The molecule has 0 radical (unpaired) electrons. The standard InChI is InChI=1S/C26H25NO2/c1-18(19-8-4-3-5-9-19)27-26(21-12-15-22(29-2)16-13-21)25-23-11-7-6-10-20(23)14-17-24(25)28/h3-18,26-28H,1-2H3/t18-,26-/m1/s1. The van der Waals surface area contributed by atoms with E-state index in [1.165, 1.54) is 5.56 Å². The molecular weight excluding hydrogens is 358 g/mol. The lowest BCUT2D eigenvalue weighted by Gasteiger charge is -2.26. The smallest absolute Gasteiger partial charge is 0.121 e. The van der Waals surface area contributed by atoms with Gasteiger partial charge in [0.1, 0.15) is 11.5 Å². The molecule has 0 unspecified atom stereocenters. The minimum absolute atomic E-state index is 0.0988. The van der Waals surface area contributed by atoms with Crippen LogP contribution in [0.5, 0.6) is 11.5 Å². The largest absolute Gasteiger partial charge is 0.508 e. The Morgan fingerprint density at radius 3 is 2.17 bits per heavy atom. The fraction of sp³-hybridized carbons (Fsp3) is 0.154. The van der Waals surface area contributed by atoms with Gasteiger partial charge in [-0.15, -0.1) is 0 Å². The van der Waals surface area contributed by atoms with Gasteiger partial charge < -0.3 is 9.84 Å². The summed E-state index contributed by atoms with van der Waals surface area (Å²) in [6.45, 7) is 2.15. The second-order valence-electron chi connectivity index (χ2n) is 7.22. The van der Waals surface area contributed by atoms with Crippen LogP contribution in [0.4, 0.5) is 0 Å². The van der Waals surface area contributed by atoms with Crippen LogP contribution in [0.15, 0.2) is 91.0 Å². The maximum Gasteiger partial charge on any atom is 0.121 e. The molecule has 0 saturated heterocycles. The average molecular weight is 383 g/mol. The highest BCUT2D eigenvalue weighted by Crippen LogP contribution is 2.37. The van der Waals surface area contributed by atoms with E-state index in [9.17, 15) is 5.11 Å². The number of methoxy groups -OCH3 is 1. The van der Waals surface area contributed by atoms with Crippen molar-refractivity contribution >= 4 is 10.8 Å². The zero-order valence-corrected chi connectivity index (χ0v) is 16.7. The van der Waals surface area contributed by atoms with Crippen molar-refractivity contribution in [3.05, 3.63) is 108 Å². The Bertz CT molecular complexity index is 1090. The second-order valence-corrected chi connectivity index (χ2v) is 7.22. The predicted octanol–water partition coefficient (Wildman–Crippen LogP) is 5.99. The molecule has 4 aromatic carbocycles. The van der Waals surface area contributed by atoms with Gasteiger partial charge in [0.2, 0.25) is 0 Å². The molecule has 0 bridgehead atoms. The number of aromatic hydroxyl groups is 1. The third-order valence-electron chi connectivity index (χ3n) is 5.40. The van der Waals surface area contributed by atoms with E-state index in [1.807, 2.05) is 48.5 Å². The van der Waals surface area contributed by atoms with Gasteiger partial charge in [-0.25, -0.2) is 0 Å². The minimum Gasteiger partial charge on any atom is -0.508 e. The van der Waals surface area contributed by atoms with E-state index in [2.05, 4.69) is 48.6 Å². The summed E-state index contributed by atoms with van der Waals surface area (Å²) in [6.07, 6.45) is 0. The number of hydrogen-bond donors (Lipinski definition) is 2. The van der Waals surface area contributed by atoms with Crippen LogP contribution in [0.1, 0.15) is 35.7 Å². The first-order valence-electron chi connectivity index (χ1n) is 9.83. The lowest BCUT2D eigenvalue weighted by molar-refractivity contribution is 0.414. The summed E-state index contributed by atoms with van der Waals surface area (Å²) in [7, 11) is 1.67. The quantitative estimate of drug-likeness (QED) is 0.429. The van der Waals surface area contributed by atoms with Crippen LogP contribution >= 0.6 is 0 Å². The molecule has 0 aliphatic carbocycles. The summed E-state index contributed by atoms with van der Waals surface area (Å²) in [5, 5.41) is 16.7. The summed E-state index contributed by atoms with van der Waals surface area (Å²) in [6, 6.07) is 30.2. The number of rotatable bonds is 6. The van der Waals surface area contributed by atoms with E-state index in [-0.39, 0.29) is 17.8 Å². The highest BCUT2D eigenvalue weighted by molar-refractivity contribution is 5.88. The third kappa shape index (κ3) is 3.96. The van der Waals surface area contributed by atoms with E-state index in [4.69, 9.17) is 4.74 Å². The van der Waals surface area contributed by atoms with Crippen molar-refractivity contribution < 1.29 is 9.84 Å². The van der Waals surface area contributed by atoms with Crippen LogP contribution in [-0.2, 0) is 0 Å². The summed E-state index contributed by atoms with van der Waals surface area (Å²) < 4.78 is 5.33. The Labute approximate surface area is 171 Å². The summed E-state index contributed by atoms with van der Waals surface area (Å²) in [5.74, 6) is 1.10. The topological polar surface area (TPSA) is 41.5 Å². The molecule has 0 fully saturated rings. The maximum absolute atomic E-state index is 10.9. The minimum atomic E-state index is -0.179. The lowest BCUT2D eigenvalue weighted by Crippen LogP contribution is -2.26. The van der Waals surface area contributed by atoms with Crippen molar-refractivity contribution in [2.45, 2.75) is 19.0 Å². The molecule has 0 aromatic heterocycles. The van der Waals surface area contributed by atoms with Crippen LogP contribution in [0.3, 0.4) is 0 Å². The number of hydrogen-bond acceptors (Lipinski definition) is 3. The van der Waals surface area contributed by atoms with E-state index in [1.54, 1.807) is 13.2 Å². The molecule has 0 saturated carbocycles. The lowest BCUT2D eigenvalue weighted by atomic mass is 9.91. The zero-order chi connectivity index (χ0) is 20.2. The molecular formula is C26H25NO2. The number of phenols is 1. The number of nitrogens with one attached hydrogen (secondary N) is 1. The Morgan fingerprint density at radius 1 is 0.759 bits per heavy atom. The summed E-state index contributed by atoms with van der Waals surface area (Å²) >= 11 is 0. The highest BCUT2D eigenvalue weighted by atomic mass is 16.5. The highest BCUT2D eigenvalue weighted by Gasteiger charge is 2.22. The Balaban J connectivity index is 1.83. The SMILES string of the molecule is COc1ccc([C@@H](N[C@H](C)c2ccccc2)c2c(O)ccc3ccccc23)cc1. The van der Waals surface area contributed by atoms with Crippen molar-refractivity contribution in [3.8, 4) is 11.5 Å². The van der Waals surface area contributed by atoms with Gasteiger partial charge in [-0.05, 0) is 47.0 Å². The van der Waals surface area contributed by atoms with Gasteiger partial charge >= 0.3 is 0 Å². The van der Waals surface area contributed by atoms with Gasteiger partial charge in [-0.2, -0.15) is 0 Å². The molecule has 0 amide bonds. The molecule has 2 atom stereocenters. The van der Waals surface area contributed by atoms with Gasteiger partial charge in [0.15, 0.2) is 0 Å². The third-order valence-corrected chi connectivity index (χ3v) is 5.40. The summed E-state index contributed by atoms with van der Waals surface area (Å²) in [5.41, 5.74) is 3.15. The zero-order valence-electron chi connectivity index (χ0n) is 16.7. The van der Waals surface area contributed by atoms with E-state index >= 15 is 0 Å². The van der Waals surface area contributed by atoms with Crippen LogP contribution < -0.4 is 10.1 Å². The van der Waals surface area contributed by atoms with Crippen molar-refractivity contribution in [1.29, 1.82) is 0 Å². The maximum atomic E-state index is 10.9. The molecule has 3 heteroatoms. The van der Waals surface area contributed by atoms with Crippen LogP contribution in [-0.4, -0.2) is 12.2 Å². The van der Waals surface area contributed by atoms with E-state index in [0.717, 1.165) is 27.6 Å². The Morgan fingerprint density at radius 2 is 1.45 bits per heavy atom. The van der Waals surface area contributed by atoms with Gasteiger partial charge in [-0.1, -0.05) is 72.8 Å². The Kier molecular flexibility index (Phi) is 5.50. The molecule has 0 heterocycles. The molecule has 2 N–H and O–H groups in total. The van der Waals surface area contributed by atoms with Gasteiger partial charge in [0.25, 0.3) is 0 Å². The van der Waals surface area contributed by atoms with Crippen molar-refractivity contribution in [2.75, 3.05) is 7.11 Å². The summed E-state index contributed by atoms with van der Waals surface area (Å²) in [4.78, 5) is 0. The molecule has 0 aliphatic rings. The average Bonchev–Trinajstić information content (AvgIpc) is 2.78. The van der Waals surface area contributed by atoms with Gasteiger partial charge in [0.05, 0.1) is 13.2 Å². The molecule has 0 spiro atoms. The van der Waals surface area contributed by atoms with Gasteiger partial charge in [-0.3, -0.25) is 5.32 Å². The van der Waals surface area contributed by atoms with E-state index < -0.39 is 0 Å².